The molecule has 2 N–H and O–H groups in total. The first-order valence-corrected chi connectivity index (χ1v) is 26.8. The average molecular weight is 989 g/mol. The number of fused-ring (bicyclic) bond motifs is 8. The van der Waals surface area contributed by atoms with Crippen molar-refractivity contribution >= 4 is 11.9 Å². The van der Waals surface area contributed by atoms with Crippen molar-refractivity contribution in [2.24, 2.45) is 0 Å². The molecule has 8 nitrogen and oxygen atoms in total. The molecule has 1 aliphatic carbocycles. The summed E-state index contributed by atoms with van der Waals surface area (Å²) < 4.78 is 24.5. The highest BCUT2D eigenvalue weighted by Gasteiger charge is 2.27. The Labute approximate surface area is 435 Å². The van der Waals surface area contributed by atoms with E-state index in [2.05, 4.69) is 132 Å². The summed E-state index contributed by atoms with van der Waals surface area (Å²) in [6.07, 6.45) is 8.25. The fourth-order valence-electron chi connectivity index (χ4n) is 9.52. The van der Waals surface area contributed by atoms with Crippen LogP contribution < -0.4 is 9.47 Å². The number of carbonyl (C=O) groups is 2. The van der Waals surface area contributed by atoms with Crippen molar-refractivity contribution in [3.8, 4) is 23.0 Å². The normalized spacial score (nSPS) is 15.0. The van der Waals surface area contributed by atoms with Crippen LogP contribution in [-0.2, 0) is 92.1 Å². The molecule has 0 atom stereocenters. The highest BCUT2D eigenvalue weighted by atomic mass is 16.6. The molecule has 0 aromatic heterocycles. The highest BCUT2D eigenvalue weighted by Crippen LogP contribution is 2.40. The van der Waals surface area contributed by atoms with Crippen LogP contribution in [0.2, 0.25) is 0 Å². The molecule has 0 saturated heterocycles. The molecule has 5 rings (SSSR count). The third-order valence-electron chi connectivity index (χ3n) is 13.6. The summed E-state index contributed by atoms with van der Waals surface area (Å²) in [6.45, 7) is 37.4. The molecular formula is C64H92O8. The topological polar surface area (TPSA) is 112 Å². The molecule has 4 aromatic rings. The molecule has 72 heavy (non-hydrogen) atoms. The first-order valence-electron chi connectivity index (χ1n) is 26.8. The standard InChI is InChI=1S/C64H92O8/c1-59(2,3)49-31-41-23-19-27-45-35-51(61(7,8)9)37-47(57(45)69-39-53(65)71-63(13,14)15)29-21-25-43-33-50(60(4,5)6)34-44(56(43)68)26-22-30-48-38-52(62(10,11)12)36-46(28-20-24-42(32-49)55(41)67)58(48)70-40-54(66)72-64(16,17)18/h31-38,67-68H,19-30,39-40H2,1-18H3. The van der Waals surface area contributed by atoms with Crippen molar-refractivity contribution in [2.75, 3.05) is 13.2 Å². The summed E-state index contributed by atoms with van der Waals surface area (Å²) >= 11 is 0. The number of esters is 2. The van der Waals surface area contributed by atoms with Crippen molar-refractivity contribution in [1.82, 2.24) is 0 Å². The van der Waals surface area contributed by atoms with E-state index in [1.807, 2.05) is 41.5 Å². The van der Waals surface area contributed by atoms with E-state index in [1.165, 1.54) is 22.3 Å². The number of aryl methyl sites for hydroxylation is 8. The zero-order valence-corrected chi connectivity index (χ0v) is 47.9. The molecule has 8 bridgehead atoms. The van der Waals surface area contributed by atoms with Crippen LogP contribution >= 0.6 is 0 Å². The molecule has 0 aliphatic heterocycles. The van der Waals surface area contributed by atoms with Crippen LogP contribution in [0.3, 0.4) is 0 Å². The predicted molar refractivity (Wildman–Crippen MR) is 295 cm³/mol. The Morgan fingerprint density at radius 1 is 0.361 bits per heavy atom. The van der Waals surface area contributed by atoms with Crippen LogP contribution in [0.4, 0.5) is 0 Å². The van der Waals surface area contributed by atoms with Crippen molar-refractivity contribution in [2.45, 2.75) is 235 Å². The van der Waals surface area contributed by atoms with Crippen molar-refractivity contribution in [3.05, 3.63) is 115 Å². The zero-order valence-electron chi connectivity index (χ0n) is 47.9. The Balaban J connectivity index is 1.67. The first kappa shape index (κ1) is 57.9. The number of carbonyl (C=O) groups excluding carboxylic acids is 2. The van der Waals surface area contributed by atoms with Crippen LogP contribution in [0.15, 0.2) is 48.5 Å². The summed E-state index contributed by atoms with van der Waals surface area (Å²) in [4.78, 5) is 26.4. The number of benzene rings is 4. The maximum absolute atomic E-state index is 13.2. The zero-order chi connectivity index (χ0) is 53.8. The van der Waals surface area contributed by atoms with Crippen molar-refractivity contribution in [1.29, 1.82) is 0 Å². The van der Waals surface area contributed by atoms with E-state index in [4.69, 9.17) is 18.9 Å². The molecule has 0 amide bonds. The minimum Gasteiger partial charge on any atom is -0.507 e. The quantitative estimate of drug-likeness (QED) is 0.184. The number of phenols is 2. The van der Waals surface area contributed by atoms with Gasteiger partial charge in [0.1, 0.15) is 34.2 Å². The molecule has 0 spiro atoms. The van der Waals surface area contributed by atoms with Crippen molar-refractivity contribution < 1.29 is 38.7 Å². The van der Waals surface area contributed by atoms with Gasteiger partial charge in [-0.3, -0.25) is 0 Å². The van der Waals surface area contributed by atoms with Crippen LogP contribution in [0.25, 0.3) is 0 Å². The second-order valence-electron chi connectivity index (χ2n) is 26.7. The predicted octanol–water partition coefficient (Wildman–Crippen LogP) is 14.7. The van der Waals surface area contributed by atoms with Crippen LogP contribution in [0, 0.1) is 0 Å². The Morgan fingerprint density at radius 2 is 0.556 bits per heavy atom. The molecular weight excluding hydrogens is 897 g/mol. The van der Waals surface area contributed by atoms with E-state index in [1.54, 1.807) is 0 Å². The van der Waals surface area contributed by atoms with Gasteiger partial charge in [0.25, 0.3) is 0 Å². The first-order chi connectivity index (χ1) is 33.1. The lowest BCUT2D eigenvalue weighted by molar-refractivity contribution is -0.158. The van der Waals surface area contributed by atoms with Gasteiger partial charge in [-0.25, -0.2) is 9.59 Å². The molecule has 0 heterocycles. The van der Waals surface area contributed by atoms with Gasteiger partial charge in [0.15, 0.2) is 13.2 Å². The van der Waals surface area contributed by atoms with Crippen molar-refractivity contribution in [3.63, 3.8) is 0 Å². The minimum atomic E-state index is -0.648. The van der Waals surface area contributed by atoms with Gasteiger partial charge in [0, 0.05) is 0 Å². The Kier molecular flexibility index (Phi) is 18.2. The number of rotatable bonds is 6. The summed E-state index contributed by atoms with van der Waals surface area (Å²) in [5.41, 5.74) is 10.6. The molecule has 1 aliphatic rings. The van der Waals surface area contributed by atoms with E-state index >= 15 is 0 Å². The number of hydrogen-bond donors (Lipinski definition) is 2. The van der Waals surface area contributed by atoms with Gasteiger partial charge < -0.3 is 29.2 Å². The van der Waals surface area contributed by atoms with Gasteiger partial charge in [-0.05, 0) is 207 Å². The van der Waals surface area contributed by atoms with E-state index in [-0.39, 0.29) is 34.9 Å². The Morgan fingerprint density at radius 3 is 0.750 bits per heavy atom. The molecule has 0 saturated carbocycles. The van der Waals surface area contributed by atoms with E-state index < -0.39 is 23.1 Å². The largest absolute Gasteiger partial charge is 0.507 e. The average Bonchev–Trinajstić information content (AvgIpc) is 3.21. The van der Waals surface area contributed by atoms with E-state index in [0.29, 0.717) is 62.9 Å². The monoisotopic (exact) mass is 989 g/mol. The number of aromatic hydroxyl groups is 2. The summed E-state index contributed by atoms with van der Waals surface area (Å²) in [7, 11) is 0. The molecule has 4 aromatic carbocycles. The van der Waals surface area contributed by atoms with E-state index in [9.17, 15) is 19.8 Å². The summed E-state index contributed by atoms with van der Waals surface area (Å²) in [5.74, 6) is 1.29. The lowest BCUT2D eigenvalue weighted by Crippen LogP contribution is -2.27. The van der Waals surface area contributed by atoms with Gasteiger partial charge in [-0.1, -0.05) is 132 Å². The second kappa shape index (κ2) is 22.6. The fraction of sp³-hybridized carbons (Fsp3) is 0.594. The van der Waals surface area contributed by atoms with Crippen LogP contribution in [-0.4, -0.2) is 46.6 Å². The Hall–Kier alpha value is -4.98. The van der Waals surface area contributed by atoms with Crippen LogP contribution in [0.5, 0.6) is 23.0 Å². The molecule has 8 heteroatoms. The SMILES string of the molecule is CC(C)(C)OC(=O)COc1c2cc(C(C)(C)C)cc1CCCc1cc(C(C)(C)C)cc(c1O)CCCc1cc(C(C)(C)C)cc(c1OCC(=O)OC(C)(C)C)CCCc1cc(C(C)(C)C)cc(c1O)CCC2. The lowest BCUT2D eigenvalue weighted by Gasteiger charge is -2.26. The second-order valence-corrected chi connectivity index (χ2v) is 26.7. The molecule has 0 unspecified atom stereocenters. The third kappa shape index (κ3) is 16.5. The molecule has 0 fully saturated rings. The van der Waals surface area contributed by atoms with Gasteiger partial charge in [-0.15, -0.1) is 0 Å². The van der Waals surface area contributed by atoms with Crippen LogP contribution in [0.1, 0.15) is 217 Å². The van der Waals surface area contributed by atoms with Gasteiger partial charge in [-0.2, -0.15) is 0 Å². The Bertz CT molecular complexity index is 2250. The number of ether oxygens (including phenoxy) is 4. The number of hydrogen-bond acceptors (Lipinski definition) is 8. The van der Waals surface area contributed by atoms with Gasteiger partial charge in [0.2, 0.25) is 0 Å². The fourth-order valence-corrected chi connectivity index (χ4v) is 9.52. The summed E-state index contributed by atoms with van der Waals surface area (Å²) in [5, 5.41) is 24.3. The summed E-state index contributed by atoms with van der Waals surface area (Å²) in [6, 6.07) is 17.7. The van der Waals surface area contributed by atoms with E-state index in [0.717, 1.165) is 81.7 Å². The molecule has 0 radical (unpaired) electrons. The highest BCUT2D eigenvalue weighted by molar-refractivity contribution is 5.72. The smallest absolute Gasteiger partial charge is 0.344 e. The maximum atomic E-state index is 13.2. The third-order valence-corrected chi connectivity index (χ3v) is 13.6. The molecule has 396 valence electrons. The maximum Gasteiger partial charge on any atom is 0.344 e. The van der Waals surface area contributed by atoms with Gasteiger partial charge in [0.05, 0.1) is 0 Å². The van der Waals surface area contributed by atoms with Gasteiger partial charge >= 0.3 is 11.9 Å². The lowest BCUT2D eigenvalue weighted by atomic mass is 9.81. The number of phenolic OH excluding ortho intramolecular Hbond substituents is 2. The minimum absolute atomic E-state index is 0.150.